The molecular formula is C24H29BrN2O2. The van der Waals surface area contributed by atoms with E-state index in [1.807, 2.05) is 42.5 Å². The fourth-order valence-corrected chi connectivity index (χ4v) is 5.34. The number of ether oxygens (including phenoxy) is 1. The molecule has 1 atom stereocenters. The van der Waals surface area contributed by atoms with Crippen LogP contribution in [0, 0.1) is 0 Å². The number of carbonyl (C=O) groups excluding carboxylic acids is 1. The van der Waals surface area contributed by atoms with E-state index in [1.54, 1.807) is 0 Å². The average molecular weight is 457 g/mol. The Labute approximate surface area is 181 Å². The van der Waals surface area contributed by atoms with E-state index in [9.17, 15) is 4.79 Å². The second-order valence-corrected chi connectivity index (χ2v) is 9.13. The van der Waals surface area contributed by atoms with Crippen molar-refractivity contribution in [3.63, 3.8) is 0 Å². The first-order valence-electron chi connectivity index (χ1n) is 10.6. The minimum atomic E-state index is -0.866. The lowest BCUT2D eigenvalue weighted by atomic mass is 9.69. The van der Waals surface area contributed by atoms with Gasteiger partial charge in [-0.05, 0) is 74.6 Å². The monoisotopic (exact) mass is 456 g/mol. The fraction of sp³-hybridized carbons (Fsp3) is 0.458. The number of nitrogens with zero attached hydrogens (tertiary/aromatic N) is 1. The zero-order chi connectivity index (χ0) is 20.3. The first kappa shape index (κ1) is 20.4. The van der Waals surface area contributed by atoms with Crippen LogP contribution in [0.5, 0.6) is 5.75 Å². The number of likely N-dealkylation sites (tertiary alicyclic amines) is 1. The largest absolute Gasteiger partial charge is 0.489 e. The van der Waals surface area contributed by atoms with Gasteiger partial charge in [-0.15, -0.1) is 0 Å². The van der Waals surface area contributed by atoms with Crippen LogP contribution in [0.2, 0.25) is 0 Å². The Hall–Kier alpha value is -1.85. The summed E-state index contributed by atoms with van der Waals surface area (Å²) in [4.78, 5) is 15.7. The van der Waals surface area contributed by atoms with Gasteiger partial charge in [0.1, 0.15) is 17.8 Å². The third-order valence-electron chi connectivity index (χ3n) is 6.40. The van der Waals surface area contributed by atoms with Gasteiger partial charge in [-0.3, -0.25) is 4.79 Å². The van der Waals surface area contributed by atoms with Crippen molar-refractivity contribution >= 4 is 21.8 Å². The number of carbonyl (C=O) groups is 1. The lowest BCUT2D eigenvalue weighted by molar-refractivity contribution is -0.122. The van der Waals surface area contributed by atoms with Gasteiger partial charge in [0.25, 0.3) is 0 Å². The van der Waals surface area contributed by atoms with Gasteiger partial charge in [0.15, 0.2) is 0 Å². The summed E-state index contributed by atoms with van der Waals surface area (Å²) >= 11 is 3.56. The van der Waals surface area contributed by atoms with Crippen LogP contribution in [0.1, 0.15) is 55.2 Å². The molecule has 0 saturated carbocycles. The van der Waals surface area contributed by atoms with Gasteiger partial charge in [0.05, 0.1) is 0 Å². The van der Waals surface area contributed by atoms with Crippen LogP contribution >= 0.6 is 15.9 Å². The molecule has 2 aliphatic heterocycles. The molecule has 2 aromatic rings. The van der Waals surface area contributed by atoms with Crippen molar-refractivity contribution in [3.05, 3.63) is 63.6 Å². The van der Waals surface area contributed by atoms with Crippen molar-refractivity contribution in [2.45, 2.75) is 50.5 Å². The molecule has 1 fully saturated rings. The van der Waals surface area contributed by atoms with E-state index < -0.39 is 5.41 Å². The number of primary amides is 1. The molecule has 2 heterocycles. The van der Waals surface area contributed by atoms with Gasteiger partial charge < -0.3 is 15.4 Å². The molecular weight excluding hydrogens is 428 g/mol. The van der Waals surface area contributed by atoms with Crippen molar-refractivity contribution in [3.8, 4) is 5.75 Å². The van der Waals surface area contributed by atoms with Crippen molar-refractivity contribution < 1.29 is 9.53 Å². The molecule has 29 heavy (non-hydrogen) atoms. The number of amides is 1. The van der Waals surface area contributed by atoms with Gasteiger partial charge in [-0.1, -0.05) is 53.0 Å². The van der Waals surface area contributed by atoms with Crippen LogP contribution in [0.3, 0.4) is 0 Å². The van der Waals surface area contributed by atoms with E-state index in [-0.39, 0.29) is 5.91 Å². The number of halogens is 1. The highest BCUT2D eigenvalue weighted by Gasteiger charge is 2.45. The molecule has 1 saturated heterocycles. The molecule has 0 spiro atoms. The van der Waals surface area contributed by atoms with Crippen LogP contribution in [-0.4, -0.2) is 30.4 Å². The molecule has 0 bridgehead atoms. The number of hydrogen-bond acceptors (Lipinski definition) is 3. The third kappa shape index (κ3) is 4.08. The molecule has 2 N–H and O–H groups in total. The molecule has 5 heteroatoms. The smallest absolute Gasteiger partial charge is 0.232 e. The van der Waals surface area contributed by atoms with Crippen LogP contribution in [-0.2, 0) is 16.8 Å². The number of hydrogen-bond donors (Lipinski definition) is 1. The quantitative estimate of drug-likeness (QED) is 0.704. The predicted molar refractivity (Wildman–Crippen MR) is 119 cm³/mol. The van der Waals surface area contributed by atoms with Crippen LogP contribution in [0.25, 0.3) is 0 Å². The molecule has 1 unspecified atom stereocenters. The number of rotatable bonds is 5. The van der Waals surface area contributed by atoms with Crippen LogP contribution in [0.15, 0.2) is 46.9 Å². The molecule has 0 radical (unpaired) electrons. The molecule has 154 valence electrons. The highest BCUT2D eigenvalue weighted by Crippen LogP contribution is 2.45. The normalized spacial score (nSPS) is 22.0. The number of benzene rings is 2. The van der Waals surface area contributed by atoms with E-state index in [4.69, 9.17) is 10.5 Å². The van der Waals surface area contributed by atoms with Gasteiger partial charge in [0.2, 0.25) is 5.91 Å². The molecule has 0 aliphatic carbocycles. The van der Waals surface area contributed by atoms with Gasteiger partial charge in [-0.2, -0.15) is 0 Å². The van der Waals surface area contributed by atoms with E-state index in [0.29, 0.717) is 13.0 Å². The Morgan fingerprint density at radius 2 is 1.83 bits per heavy atom. The van der Waals surface area contributed by atoms with Crippen LogP contribution < -0.4 is 10.5 Å². The lowest BCUT2D eigenvalue weighted by Gasteiger charge is -2.33. The second-order valence-electron chi connectivity index (χ2n) is 8.22. The number of fused-ring (bicyclic) bond motifs is 2. The van der Waals surface area contributed by atoms with Crippen molar-refractivity contribution in [1.82, 2.24) is 4.90 Å². The third-order valence-corrected chi connectivity index (χ3v) is 6.90. The Bertz CT molecular complexity index is 877. The zero-order valence-corrected chi connectivity index (χ0v) is 18.4. The maximum Gasteiger partial charge on any atom is 0.232 e. The summed E-state index contributed by atoms with van der Waals surface area (Å²) in [5.41, 5.74) is 8.19. The van der Waals surface area contributed by atoms with Gasteiger partial charge in [-0.25, -0.2) is 0 Å². The first-order chi connectivity index (χ1) is 14.1. The van der Waals surface area contributed by atoms with E-state index in [1.165, 1.54) is 25.7 Å². The molecule has 1 amide bonds. The zero-order valence-electron chi connectivity index (χ0n) is 16.8. The lowest BCUT2D eigenvalue weighted by Crippen LogP contribution is -2.43. The molecule has 0 aromatic heterocycles. The SMILES string of the molecule is NC(=O)C1(CCCN2CCCCCC2)c2ccc(Br)cc2COc2ccccc21. The minimum Gasteiger partial charge on any atom is -0.489 e. The summed E-state index contributed by atoms with van der Waals surface area (Å²) in [6.07, 6.45) is 6.81. The summed E-state index contributed by atoms with van der Waals surface area (Å²) in [6, 6.07) is 14.0. The summed E-state index contributed by atoms with van der Waals surface area (Å²) in [5.74, 6) is 0.461. The van der Waals surface area contributed by atoms with Gasteiger partial charge >= 0.3 is 0 Å². The highest BCUT2D eigenvalue weighted by atomic mass is 79.9. The minimum absolute atomic E-state index is 0.296. The topological polar surface area (TPSA) is 55.6 Å². The van der Waals surface area contributed by atoms with Gasteiger partial charge in [0, 0.05) is 10.0 Å². The Balaban J connectivity index is 1.71. The average Bonchev–Trinajstić information content (AvgIpc) is 3.05. The number of nitrogens with two attached hydrogens (primary N) is 1. The highest BCUT2D eigenvalue weighted by molar-refractivity contribution is 9.10. The molecule has 4 rings (SSSR count). The predicted octanol–water partition coefficient (Wildman–Crippen LogP) is 4.77. The van der Waals surface area contributed by atoms with Crippen LogP contribution in [0.4, 0.5) is 0 Å². The molecule has 2 aromatic carbocycles. The van der Waals surface area contributed by atoms with Crippen molar-refractivity contribution in [2.75, 3.05) is 19.6 Å². The van der Waals surface area contributed by atoms with E-state index >= 15 is 0 Å². The maximum absolute atomic E-state index is 13.1. The fourth-order valence-electron chi connectivity index (χ4n) is 4.93. The standard InChI is InChI=1S/C24H29BrN2O2/c25-19-10-11-20-18(16-19)17-29-22-9-4-3-8-21(22)24(20,23(26)28)12-7-15-27-13-5-1-2-6-14-27/h3-4,8-11,16H,1-2,5-7,12-15,17H2,(H2,26,28). The first-order valence-corrected chi connectivity index (χ1v) is 11.4. The summed E-state index contributed by atoms with van der Waals surface area (Å²) in [7, 11) is 0. The molecule has 2 aliphatic rings. The Morgan fingerprint density at radius 3 is 2.59 bits per heavy atom. The summed E-state index contributed by atoms with van der Waals surface area (Å²) in [5, 5.41) is 0. The maximum atomic E-state index is 13.1. The number of para-hydroxylation sites is 1. The summed E-state index contributed by atoms with van der Waals surface area (Å²) in [6.45, 7) is 3.76. The van der Waals surface area contributed by atoms with E-state index in [2.05, 4.69) is 20.8 Å². The summed E-state index contributed by atoms with van der Waals surface area (Å²) < 4.78 is 7.09. The van der Waals surface area contributed by atoms with E-state index in [0.717, 1.165) is 53.0 Å². The molecule has 4 nitrogen and oxygen atoms in total. The Morgan fingerprint density at radius 1 is 1.07 bits per heavy atom. The Kier molecular flexibility index (Phi) is 6.26. The van der Waals surface area contributed by atoms with Crippen molar-refractivity contribution in [1.29, 1.82) is 0 Å². The van der Waals surface area contributed by atoms with Crippen molar-refractivity contribution in [2.24, 2.45) is 5.73 Å². The second kappa shape index (κ2) is 8.88.